The van der Waals surface area contributed by atoms with E-state index in [-0.39, 0.29) is 72.8 Å². The zero-order valence-electron chi connectivity index (χ0n) is 48.4. The number of aldehydes is 1. The molecule has 443 valence electrons. The van der Waals surface area contributed by atoms with Crippen LogP contribution in [0, 0.1) is 41.2 Å². The number of nitrogens with zero attached hydrogens (tertiary/aromatic N) is 6. The van der Waals surface area contributed by atoms with Gasteiger partial charge in [-0.2, -0.15) is 13.9 Å². The van der Waals surface area contributed by atoms with Crippen LogP contribution in [0.2, 0.25) is 18.7 Å². The van der Waals surface area contributed by atoms with Crippen LogP contribution in [0.25, 0.3) is 16.7 Å². The molecule has 5 aromatic rings. The summed E-state index contributed by atoms with van der Waals surface area (Å²) < 4.78 is 117. The van der Waals surface area contributed by atoms with Crippen LogP contribution in [0.15, 0.2) is 47.3 Å². The largest absolute Gasteiger partial charge is 0.380 e. The molecule has 2 aliphatic heterocycles. The van der Waals surface area contributed by atoms with Crippen molar-refractivity contribution in [3.8, 4) is 5.69 Å². The highest BCUT2D eigenvalue weighted by atomic mass is 35.5. The van der Waals surface area contributed by atoms with Gasteiger partial charge in [0.05, 0.1) is 29.3 Å². The number of ether oxygens (including phenoxy) is 1. The number of benzene rings is 2. The third-order valence-corrected chi connectivity index (χ3v) is 16.5. The predicted octanol–water partition coefficient (Wildman–Crippen LogP) is 15.8. The number of carbonyl (C=O) groups excluding carboxylic acids is 1. The van der Waals surface area contributed by atoms with E-state index in [1.807, 2.05) is 48.6 Å². The summed E-state index contributed by atoms with van der Waals surface area (Å²) in [7, 11) is 2.00. The van der Waals surface area contributed by atoms with Crippen molar-refractivity contribution in [3.05, 3.63) is 115 Å². The van der Waals surface area contributed by atoms with Gasteiger partial charge in [0.15, 0.2) is 5.65 Å². The highest BCUT2D eigenvalue weighted by Gasteiger charge is 2.67. The monoisotopic (exact) mass is 1160 g/mol. The van der Waals surface area contributed by atoms with Gasteiger partial charge in [0.25, 0.3) is 17.9 Å². The minimum atomic E-state index is -2.98. The molecule has 3 atom stereocenters. The fourth-order valence-corrected chi connectivity index (χ4v) is 11.9. The van der Waals surface area contributed by atoms with E-state index in [0.717, 1.165) is 36.7 Å². The molecule has 0 amide bonds. The fraction of sp³-hybridized carbons (Fsp3) is 0.607. The van der Waals surface area contributed by atoms with Crippen molar-refractivity contribution >= 4 is 41.9 Å². The first kappa shape index (κ1) is 65.2. The Kier molecular flexibility index (Phi) is 22.9. The molecule has 2 saturated carbocycles. The third kappa shape index (κ3) is 15.4. The van der Waals surface area contributed by atoms with Gasteiger partial charge in [-0.05, 0) is 151 Å². The Balaban J connectivity index is 0.000000235. The lowest BCUT2D eigenvalue weighted by atomic mass is 9.77. The topological polar surface area (TPSA) is 119 Å². The Labute approximate surface area is 477 Å². The molecule has 3 aliphatic carbocycles. The maximum absolute atomic E-state index is 14.4. The molecule has 20 heteroatoms. The first-order valence-corrected chi connectivity index (χ1v) is 29.2. The summed E-state index contributed by atoms with van der Waals surface area (Å²) in [6.07, 6.45) is 6.73. The molecule has 2 saturated heterocycles. The van der Waals surface area contributed by atoms with Crippen LogP contribution in [-0.4, -0.2) is 87.3 Å². The molecule has 1 N–H and O–H groups in total. The van der Waals surface area contributed by atoms with Crippen LogP contribution in [0.3, 0.4) is 0 Å². The predicted molar refractivity (Wildman–Crippen MR) is 306 cm³/mol. The molecule has 1 spiro atoms. The van der Waals surface area contributed by atoms with Crippen LogP contribution >= 0.6 is 11.6 Å². The van der Waals surface area contributed by atoms with Crippen LogP contribution in [-0.2, 0) is 28.4 Å². The van der Waals surface area contributed by atoms with Crippen molar-refractivity contribution in [1.29, 1.82) is 5.41 Å². The first-order valence-electron chi connectivity index (χ1n) is 28.8. The quantitative estimate of drug-likeness (QED) is 0.0365. The Morgan fingerprint density at radius 3 is 2.10 bits per heavy atom. The number of aryl methyl sites for hydroxylation is 1. The van der Waals surface area contributed by atoms with Crippen molar-refractivity contribution in [2.75, 3.05) is 32.8 Å². The molecule has 5 aliphatic rings. The lowest BCUT2D eigenvalue weighted by Gasteiger charge is -2.47. The number of fused-ring (bicyclic) bond motifs is 4. The lowest BCUT2D eigenvalue weighted by molar-refractivity contribution is -0.139. The number of rotatable bonds is 15. The van der Waals surface area contributed by atoms with Crippen molar-refractivity contribution < 1.29 is 44.7 Å². The van der Waals surface area contributed by atoms with E-state index in [4.69, 9.17) is 36.5 Å². The highest BCUT2D eigenvalue weighted by Crippen LogP contribution is 2.68. The Hall–Kier alpha value is -5.01. The second-order valence-electron chi connectivity index (χ2n) is 22.7. The van der Waals surface area contributed by atoms with Crippen molar-refractivity contribution in [2.24, 2.45) is 17.3 Å². The molecular formula is C61H80BClF8N7O3. The number of likely N-dealkylation sites (tertiary alicyclic amines) is 1. The SMILES string of the molecule is CC=O.CCCC(=N)c1c(Cl)ccc(-n2c(C(Cc3cc(F)cc(F)c3)C(C)C)nc3nc(C4CCC(F)(F)CC4)ccc3c2=O)c1C.CCCCCN1CCC2(CC1)COC2.CCn1nc(C(F)F)c2c1C(F)(F)C1CC21.C[B]C. The fourth-order valence-electron chi connectivity index (χ4n) is 11.6. The molecule has 1 radical (unpaired) electrons. The molecule has 2 aromatic carbocycles. The van der Waals surface area contributed by atoms with Gasteiger partial charge in [-0.25, -0.2) is 36.3 Å². The van der Waals surface area contributed by atoms with Gasteiger partial charge < -0.3 is 19.8 Å². The lowest BCUT2D eigenvalue weighted by Crippen LogP contribution is -2.50. The molecule has 3 aromatic heterocycles. The summed E-state index contributed by atoms with van der Waals surface area (Å²) in [6, 6.07) is 10.1. The number of halogens is 9. The van der Waals surface area contributed by atoms with E-state index in [0.29, 0.717) is 62.9 Å². The molecule has 10 nitrogen and oxygen atoms in total. The second-order valence-corrected chi connectivity index (χ2v) is 23.1. The standard InChI is InChI=1S/C35H37ClF4N4O.C12H23NO.C10H10F4N2.C2H6B.C2H4O/c1-5-6-28(41)31-20(4)30(10-8-27(31)36)44-33(26(19(2)3)17-21-15-23(37)18-24(38)16-21)43-32-25(34(44)45)7-9-29(42-32)22-11-13-35(39,40)14-12-22;1-2-3-4-7-13-8-5-12(6-9-13)10-14-11-12;1-2-16-8-6(7(15-16)9(11)12)4-3-5(4)10(8,13)14;1-3-2;1-2-3/h7-10,15-16,18-19,22,26,41H,5-6,11-14,17H2,1-4H3;2-11H2,1H3;4-5,9H,2-3H2,1H3;1-2H3;2H,1H3. The smallest absolute Gasteiger partial charge is 0.293 e. The van der Waals surface area contributed by atoms with E-state index >= 15 is 0 Å². The second kappa shape index (κ2) is 28.5. The zero-order chi connectivity index (χ0) is 59.6. The number of carbonyl (C=O) groups is 1. The van der Waals surface area contributed by atoms with Gasteiger partial charge in [-0.15, -0.1) is 0 Å². The Morgan fingerprint density at radius 2 is 1.56 bits per heavy atom. The van der Waals surface area contributed by atoms with Gasteiger partial charge in [-0.1, -0.05) is 72.2 Å². The van der Waals surface area contributed by atoms with Gasteiger partial charge >= 0.3 is 0 Å². The summed E-state index contributed by atoms with van der Waals surface area (Å²) in [6.45, 7) is 23.3. The zero-order valence-corrected chi connectivity index (χ0v) is 49.2. The van der Waals surface area contributed by atoms with E-state index in [1.165, 1.54) is 75.4 Å². The van der Waals surface area contributed by atoms with Crippen molar-refractivity contribution in [2.45, 2.75) is 188 Å². The minimum Gasteiger partial charge on any atom is -0.380 e. The maximum atomic E-state index is 14.4. The molecule has 0 bridgehead atoms. The Bertz CT molecular complexity index is 2960. The molecule has 4 fully saturated rings. The molecule has 5 heterocycles. The number of nitrogens with one attached hydrogen (secondary N) is 1. The van der Waals surface area contributed by atoms with Crippen molar-refractivity contribution in [1.82, 2.24) is 29.2 Å². The summed E-state index contributed by atoms with van der Waals surface area (Å²) in [5.74, 6) is -8.65. The van der Waals surface area contributed by atoms with Crippen LogP contribution < -0.4 is 5.56 Å². The first-order chi connectivity index (χ1) is 38.4. The summed E-state index contributed by atoms with van der Waals surface area (Å²) in [4.78, 5) is 35.6. The normalized spacial score (nSPS) is 19.6. The van der Waals surface area contributed by atoms with Gasteiger partial charge in [0.1, 0.15) is 42.4 Å². The van der Waals surface area contributed by atoms with E-state index in [9.17, 15) is 39.9 Å². The number of hydrogen-bond acceptors (Lipinski definition) is 8. The highest BCUT2D eigenvalue weighted by molar-refractivity contribution is 6.34. The third-order valence-electron chi connectivity index (χ3n) is 16.1. The van der Waals surface area contributed by atoms with E-state index < -0.39 is 58.9 Å². The Morgan fingerprint density at radius 1 is 0.926 bits per heavy atom. The number of unbranched alkanes of at least 4 members (excludes halogenated alkanes) is 2. The van der Waals surface area contributed by atoms with Crippen LogP contribution in [0.1, 0.15) is 188 Å². The van der Waals surface area contributed by atoms with Crippen LogP contribution in [0.5, 0.6) is 0 Å². The van der Waals surface area contributed by atoms with E-state index in [2.05, 4.69) is 16.9 Å². The average molecular weight is 1160 g/mol. The number of pyridine rings is 1. The molecule has 3 unspecified atom stereocenters. The molecule has 81 heavy (non-hydrogen) atoms. The number of piperidine rings is 1. The van der Waals surface area contributed by atoms with Crippen molar-refractivity contribution in [3.63, 3.8) is 0 Å². The molecule has 10 rings (SSSR count). The number of alkyl halides is 6. The maximum Gasteiger partial charge on any atom is 0.293 e. The summed E-state index contributed by atoms with van der Waals surface area (Å²) in [5.41, 5.74) is 2.88. The van der Waals surface area contributed by atoms with Gasteiger partial charge in [0, 0.05) is 71.2 Å². The van der Waals surface area contributed by atoms with Gasteiger partial charge in [0.2, 0.25) is 5.92 Å². The van der Waals surface area contributed by atoms with Gasteiger partial charge in [-0.3, -0.25) is 14.0 Å². The molecular weight excluding hydrogens is 1080 g/mol. The van der Waals surface area contributed by atoms with E-state index in [1.54, 1.807) is 31.2 Å². The number of aromatic nitrogens is 5. The average Bonchev–Trinajstić information content (AvgIpc) is 2.73. The summed E-state index contributed by atoms with van der Waals surface area (Å²) >= 11 is 6.58. The summed E-state index contributed by atoms with van der Waals surface area (Å²) in [5, 5.41) is 12.9. The van der Waals surface area contributed by atoms with Crippen LogP contribution in [0.4, 0.5) is 35.1 Å². The minimum absolute atomic E-state index is 0.117. The number of hydrogen-bond donors (Lipinski definition) is 1.